The molecule has 0 spiro atoms. The highest BCUT2D eigenvalue weighted by Gasteiger charge is 2.50. The Bertz CT molecular complexity index is 529. The number of carbonyl (C=O) groups excluding carboxylic acids is 1. The zero-order valence-electron chi connectivity index (χ0n) is 12.0. The maximum atomic E-state index is 12.7. The number of nitrogens with zero attached hydrogens (tertiary/aromatic N) is 1. The lowest BCUT2D eigenvalue weighted by molar-refractivity contribution is -0.134. The molecule has 2 aliphatic rings. The van der Waals surface area contributed by atoms with E-state index in [2.05, 4.69) is 40.0 Å². The molecule has 2 aliphatic heterocycles. The minimum Gasteiger partial charge on any atom is -0.337 e. The summed E-state index contributed by atoms with van der Waals surface area (Å²) < 4.78 is 1.03. The molecule has 4 heteroatoms. The normalized spacial score (nSPS) is 27.6. The summed E-state index contributed by atoms with van der Waals surface area (Å²) in [6.07, 6.45) is 0.496. The Labute approximate surface area is 128 Å². The Morgan fingerprint density at radius 2 is 2.25 bits per heavy atom. The van der Waals surface area contributed by atoms with Gasteiger partial charge in [-0.15, -0.1) is 0 Å². The van der Waals surface area contributed by atoms with Crippen LogP contribution in [0.5, 0.6) is 0 Å². The summed E-state index contributed by atoms with van der Waals surface area (Å²) in [4.78, 5) is 14.8. The number of nitrogens with one attached hydrogen (secondary N) is 1. The summed E-state index contributed by atoms with van der Waals surface area (Å²) in [5, 5.41) is 3.45. The van der Waals surface area contributed by atoms with Crippen molar-refractivity contribution in [2.24, 2.45) is 11.8 Å². The maximum Gasteiger partial charge on any atom is 0.227 e. The van der Waals surface area contributed by atoms with E-state index in [1.165, 1.54) is 0 Å². The Hall–Kier alpha value is -0.870. The van der Waals surface area contributed by atoms with Crippen LogP contribution in [0, 0.1) is 11.8 Å². The third kappa shape index (κ3) is 2.40. The Morgan fingerprint density at radius 1 is 1.45 bits per heavy atom. The van der Waals surface area contributed by atoms with Crippen LogP contribution in [0.1, 0.15) is 19.4 Å². The summed E-state index contributed by atoms with van der Waals surface area (Å²) in [7, 11) is 0. The second-order valence-electron chi connectivity index (χ2n) is 6.49. The topological polar surface area (TPSA) is 32.3 Å². The Morgan fingerprint density at radius 3 is 2.95 bits per heavy atom. The van der Waals surface area contributed by atoms with Crippen LogP contribution in [-0.2, 0) is 11.2 Å². The minimum absolute atomic E-state index is 0.0305. The number of rotatable bonds is 2. The van der Waals surface area contributed by atoms with Crippen molar-refractivity contribution < 1.29 is 4.79 Å². The first-order valence-corrected chi connectivity index (χ1v) is 8.03. The van der Waals surface area contributed by atoms with Crippen molar-refractivity contribution in [2.75, 3.05) is 19.6 Å². The van der Waals surface area contributed by atoms with Gasteiger partial charge in [-0.2, -0.15) is 0 Å². The molecule has 1 aromatic rings. The highest BCUT2D eigenvalue weighted by atomic mass is 79.9. The molecule has 2 fully saturated rings. The van der Waals surface area contributed by atoms with Crippen molar-refractivity contribution in [3.8, 4) is 0 Å². The number of amides is 1. The van der Waals surface area contributed by atoms with Crippen molar-refractivity contribution in [3.05, 3.63) is 34.3 Å². The molecule has 0 bridgehead atoms. The molecule has 1 N–H and O–H groups in total. The molecule has 1 amide bonds. The lowest BCUT2D eigenvalue weighted by atomic mass is 9.85. The minimum atomic E-state index is -0.0305. The Kier molecular flexibility index (Phi) is 3.63. The average Bonchev–Trinajstić information content (AvgIpc) is 2.92. The van der Waals surface area contributed by atoms with Crippen LogP contribution in [0.25, 0.3) is 0 Å². The number of carbonyl (C=O) groups is 1. The number of halogens is 1. The summed E-state index contributed by atoms with van der Waals surface area (Å²) in [5.41, 5.74) is 1.05. The zero-order valence-corrected chi connectivity index (χ0v) is 13.6. The van der Waals surface area contributed by atoms with Gasteiger partial charge in [-0.25, -0.2) is 0 Å². The molecule has 2 atom stereocenters. The first-order valence-electron chi connectivity index (χ1n) is 7.24. The molecule has 3 nitrogen and oxygen atoms in total. The molecular weight excluding hydrogens is 316 g/mol. The van der Waals surface area contributed by atoms with Crippen LogP contribution in [0.15, 0.2) is 28.7 Å². The second kappa shape index (κ2) is 5.15. The van der Waals surface area contributed by atoms with Gasteiger partial charge in [-0.3, -0.25) is 4.79 Å². The van der Waals surface area contributed by atoms with E-state index in [1.54, 1.807) is 0 Å². The quantitative estimate of drug-likeness (QED) is 0.899. The van der Waals surface area contributed by atoms with Crippen molar-refractivity contribution in [1.29, 1.82) is 0 Å². The van der Waals surface area contributed by atoms with Gasteiger partial charge in [0.25, 0.3) is 0 Å². The standard InChI is InChI=1S/C16H21BrN2O/c1-16(2)14-9-18-8-12(14)10-19(16)15(20)7-11-4-3-5-13(17)6-11/h3-6,12,14,18H,7-10H2,1-2H3. The van der Waals surface area contributed by atoms with Crippen LogP contribution in [0.4, 0.5) is 0 Å². The molecule has 0 aliphatic carbocycles. The fraction of sp³-hybridized carbons (Fsp3) is 0.562. The van der Waals surface area contributed by atoms with E-state index in [0.29, 0.717) is 18.3 Å². The lowest BCUT2D eigenvalue weighted by Gasteiger charge is -2.35. The molecule has 3 rings (SSSR count). The van der Waals surface area contributed by atoms with Gasteiger partial charge in [0, 0.05) is 29.6 Å². The molecule has 20 heavy (non-hydrogen) atoms. The van der Waals surface area contributed by atoms with Crippen LogP contribution < -0.4 is 5.32 Å². The van der Waals surface area contributed by atoms with Crippen molar-refractivity contribution in [1.82, 2.24) is 10.2 Å². The van der Waals surface area contributed by atoms with E-state index in [4.69, 9.17) is 0 Å². The number of benzene rings is 1. The number of hydrogen-bond acceptors (Lipinski definition) is 2. The predicted octanol–water partition coefficient (Wildman–Crippen LogP) is 2.45. The second-order valence-corrected chi connectivity index (χ2v) is 7.41. The largest absolute Gasteiger partial charge is 0.337 e. The zero-order chi connectivity index (χ0) is 14.3. The summed E-state index contributed by atoms with van der Waals surface area (Å²) in [5.74, 6) is 1.47. The number of likely N-dealkylation sites (tertiary alicyclic amines) is 1. The van der Waals surface area contributed by atoms with Gasteiger partial charge in [-0.05, 0) is 43.4 Å². The highest BCUT2D eigenvalue weighted by molar-refractivity contribution is 9.10. The van der Waals surface area contributed by atoms with Gasteiger partial charge in [0.15, 0.2) is 0 Å². The summed E-state index contributed by atoms with van der Waals surface area (Å²) in [6.45, 7) is 7.41. The predicted molar refractivity (Wildman–Crippen MR) is 83.5 cm³/mol. The smallest absolute Gasteiger partial charge is 0.227 e. The van der Waals surface area contributed by atoms with Gasteiger partial charge in [-0.1, -0.05) is 28.1 Å². The van der Waals surface area contributed by atoms with Gasteiger partial charge < -0.3 is 10.2 Å². The summed E-state index contributed by atoms with van der Waals surface area (Å²) >= 11 is 3.46. The van der Waals surface area contributed by atoms with Gasteiger partial charge in [0.05, 0.1) is 6.42 Å². The molecule has 1 aromatic carbocycles. The third-order valence-corrected chi connectivity index (χ3v) is 5.40. The fourth-order valence-electron chi connectivity index (χ4n) is 3.76. The molecule has 2 heterocycles. The molecule has 108 valence electrons. The summed E-state index contributed by atoms with van der Waals surface area (Å²) in [6, 6.07) is 8.03. The number of fused-ring (bicyclic) bond motifs is 1. The third-order valence-electron chi connectivity index (χ3n) is 4.91. The molecule has 0 aromatic heterocycles. The van der Waals surface area contributed by atoms with E-state index in [1.807, 2.05) is 24.3 Å². The molecule has 0 radical (unpaired) electrons. The van der Waals surface area contributed by atoms with Crippen molar-refractivity contribution >= 4 is 21.8 Å². The van der Waals surface area contributed by atoms with Crippen molar-refractivity contribution in [3.63, 3.8) is 0 Å². The van der Waals surface area contributed by atoms with E-state index in [0.717, 1.165) is 29.7 Å². The van der Waals surface area contributed by atoms with E-state index in [9.17, 15) is 4.79 Å². The van der Waals surface area contributed by atoms with Gasteiger partial charge >= 0.3 is 0 Å². The first-order chi connectivity index (χ1) is 9.48. The van der Waals surface area contributed by atoms with Crippen LogP contribution in [0.2, 0.25) is 0 Å². The van der Waals surface area contributed by atoms with Crippen LogP contribution in [0.3, 0.4) is 0 Å². The van der Waals surface area contributed by atoms with E-state index in [-0.39, 0.29) is 11.4 Å². The lowest BCUT2D eigenvalue weighted by Crippen LogP contribution is -2.48. The average molecular weight is 337 g/mol. The maximum absolute atomic E-state index is 12.7. The molecular formula is C16H21BrN2O. The van der Waals surface area contributed by atoms with Crippen LogP contribution in [-0.4, -0.2) is 36.0 Å². The molecule has 2 unspecified atom stereocenters. The van der Waals surface area contributed by atoms with E-state index < -0.39 is 0 Å². The molecule has 0 saturated carbocycles. The molecule has 2 saturated heterocycles. The highest BCUT2D eigenvalue weighted by Crippen LogP contribution is 2.40. The Balaban J connectivity index is 1.75. The monoisotopic (exact) mass is 336 g/mol. The van der Waals surface area contributed by atoms with Crippen molar-refractivity contribution in [2.45, 2.75) is 25.8 Å². The van der Waals surface area contributed by atoms with Gasteiger partial charge in [0.1, 0.15) is 0 Å². The van der Waals surface area contributed by atoms with Crippen LogP contribution >= 0.6 is 15.9 Å². The van der Waals surface area contributed by atoms with E-state index >= 15 is 0 Å². The van der Waals surface area contributed by atoms with Gasteiger partial charge in [0.2, 0.25) is 5.91 Å². The first kappa shape index (κ1) is 14.1. The fourth-order valence-corrected chi connectivity index (χ4v) is 4.21. The SMILES string of the molecule is CC1(C)C2CNCC2CN1C(=O)Cc1cccc(Br)c1. The number of hydrogen-bond donors (Lipinski definition) is 1.